The molecule has 2 aromatic heterocycles. The van der Waals surface area contributed by atoms with Crippen LogP contribution in [0.1, 0.15) is 28.1 Å². The van der Waals surface area contributed by atoms with E-state index in [1.54, 1.807) is 12.3 Å². The maximum Gasteiger partial charge on any atom is 0.244 e. The van der Waals surface area contributed by atoms with Gasteiger partial charge in [-0.25, -0.2) is 4.68 Å². The minimum absolute atomic E-state index is 0.151. The lowest BCUT2D eigenvalue weighted by molar-refractivity contribution is -0.116. The Morgan fingerprint density at radius 1 is 1.03 bits per heavy atom. The predicted octanol–water partition coefficient (Wildman–Crippen LogP) is 4.06. The SMILES string of the molecule is Cc1nn(-c2ccccc2)c(C)c1CNC(=O)/C=C/c1cnn(Cc2ccccc2)c1. The molecule has 0 spiro atoms. The molecular formula is C25H25N5O. The van der Waals surface area contributed by atoms with Crippen molar-refractivity contribution in [3.05, 3.63) is 107 Å². The number of para-hydroxylation sites is 1. The molecule has 0 aliphatic heterocycles. The van der Waals surface area contributed by atoms with E-state index in [0.717, 1.165) is 28.2 Å². The molecule has 0 atom stereocenters. The van der Waals surface area contributed by atoms with Gasteiger partial charge in [0.25, 0.3) is 0 Å². The van der Waals surface area contributed by atoms with E-state index in [4.69, 9.17) is 0 Å². The third kappa shape index (κ3) is 4.98. The summed E-state index contributed by atoms with van der Waals surface area (Å²) in [5.74, 6) is -0.151. The van der Waals surface area contributed by atoms with Crippen LogP contribution in [0.25, 0.3) is 11.8 Å². The van der Waals surface area contributed by atoms with E-state index in [-0.39, 0.29) is 5.91 Å². The Labute approximate surface area is 181 Å². The Balaban J connectivity index is 1.36. The maximum atomic E-state index is 12.3. The maximum absolute atomic E-state index is 12.3. The first-order valence-corrected chi connectivity index (χ1v) is 10.2. The van der Waals surface area contributed by atoms with Crippen LogP contribution in [0, 0.1) is 13.8 Å². The molecule has 0 saturated heterocycles. The van der Waals surface area contributed by atoms with Gasteiger partial charge < -0.3 is 5.32 Å². The second-order valence-electron chi connectivity index (χ2n) is 7.40. The van der Waals surface area contributed by atoms with Gasteiger partial charge in [-0.3, -0.25) is 9.48 Å². The summed E-state index contributed by atoms with van der Waals surface area (Å²) < 4.78 is 3.77. The minimum atomic E-state index is -0.151. The number of benzene rings is 2. The van der Waals surface area contributed by atoms with E-state index in [0.29, 0.717) is 13.1 Å². The van der Waals surface area contributed by atoms with Gasteiger partial charge in [-0.1, -0.05) is 48.5 Å². The summed E-state index contributed by atoms with van der Waals surface area (Å²) in [6.07, 6.45) is 6.99. The number of amides is 1. The molecule has 0 aliphatic rings. The number of aryl methyl sites for hydroxylation is 1. The molecular weight excluding hydrogens is 386 g/mol. The van der Waals surface area contributed by atoms with E-state index in [1.807, 2.05) is 77.9 Å². The first-order chi connectivity index (χ1) is 15.1. The van der Waals surface area contributed by atoms with Gasteiger partial charge in [-0.2, -0.15) is 10.2 Å². The van der Waals surface area contributed by atoms with Crippen LogP contribution >= 0.6 is 0 Å². The summed E-state index contributed by atoms with van der Waals surface area (Å²) >= 11 is 0. The van der Waals surface area contributed by atoms with Crippen molar-refractivity contribution >= 4 is 12.0 Å². The highest BCUT2D eigenvalue weighted by atomic mass is 16.1. The molecule has 0 fully saturated rings. The van der Waals surface area contributed by atoms with E-state index in [1.165, 1.54) is 11.6 Å². The number of carbonyl (C=O) groups excluding carboxylic acids is 1. The van der Waals surface area contributed by atoms with Gasteiger partial charge >= 0.3 is 0 Å². The normalized spacial score (nSPS) is 11.2. The third-order valence-electron chi connectivity index (χ3n) is 5.15. The van der Waals surface area contributed by atoms with Gasteiger partial charge in [0.05, 0.1) is 24.1 Å². The zero-order chi connectivity index (χ0) is 21.6. The lowest BCUT2D eigenvalue weighted by Gasteiger charge is -2.06. The minimum Gasteiger partial charge on any atom is -0.348 e. The Kier molecular flexibility index (Phi) is 6.08. The molecule has 0 saturated carbocycles. The topological polar surface area (TPSA) is 64.7 Å². The van der Waals surface area contributed by atoms with Crippen molar-refractivity contribution in [2.45, 2.75) is 26.9 Å². The van der Waals surface area contributed by atoms with Gasteiger partial charge in [-0.15, -0.1) is 0 Å². The second-order valence-corrected chi connectivity index (χ2v) is 7.40. The van der Waals surface area contributed by atoms with Crippen LogP contribution in [0.3, 0.4) is 0 Å². The number of hydrogen-bond donors (Lipinski definition) is 1. The van der Waals surface area contributed by atoms with Crippen LogP contribution in [0.5, 0.6) is 0 Å². The standard InChI is InChI=1S/C25H25N5O/c1-19-24(20(2)30(28-19)23-11-7-4-8-12-23)16-26-25(31)14-13-22-15-27-29(18-22)17-21-9-5-3-6-10-21/h3-15,18H,16-17H2,1-2H3,(H,26,31)/b14-13+. The Morgan fingerprint density at radius 3 is 2.48 bits per heavy atom. The van der Waals surface area contributed by atoms with E-state index >= 15 is 0 Å². The average Bonchev–Trinajstić information content (AvgIpc) is 3.35. The molecule has 1 N–H and O–H groups in total. The largest absolute Gasteiger partial charge is 0.348 e. The van der Waals surface area contributed by atoms with E-state index in [9.17, 15) is 4.79 Å². The van der Waals surface area contributed by atoms with Gasteiger partial charge in [-0.05, 0) is 37.6 Å². The van der Waals surface area contributed by atoms with Crippen LogP contribution in [0.15, 0.2) is 79.1 Å². The second kappa shape index (κ2) is 9.26. The molecule has 2 heterocycles. The fourth-order valence-corrected chi connectivity index (χ4v) is 3.48. The van der Waals surface area contributed by atoms with Crippen LogP contribution in [0.4, 0.5) is 0 Å². The number of carbonyl (C=O) groups is 1. The zero-order valence-electron chi connectivity index (χ0n) is 17.7. The molecule has 4 rings (SSSR count). The molecule has 0 radical (unpaired) electrons. The predicted molar refractivity (Wildman–Crippen MR) is 122 cm³/mol. The molecule has 6 nitrogen and oxygen atoms in total. The number of nitrogens with one attached hydrogen (secondary N) is 1. The van der Waals surface area contributed by atoms with Crippen molar-refractivity contribution in [2.24, 2.45) is 0 Å². The van der Waals surface area contributed by atoms with Crippen LogP contribution in [0.2, 0.25) is 0 Å². The first kappa shape index (κ1) is 20.3. The highest BCUT2D eigenvalue weighted by Gasteiger charge is 2.13. The number of aromatic nitrogens is 4. The lowest BCUT2D eigenvalue weighted by atomic mass is 10.2. The average molecular weight is 412 g/mol. The summed E-state index contributed by atoms with van der Waals surface area (Å²) in [5, 5.41) is 11.9. The van der Waals surface area contributed by atoms with Gasteiger partial charge in [0.1, 0.15) is 0 Å². The number of nitrogens with zero attached hydrogens (tertiary/aromatic N) is 4. The quantitative estimate of drug-likeness (QED) is 0.467. The Hall–Kier alpha value is -3.93. The third-order valence-corrected chi connectivity index (χ3v) is 5.15. The smallest absolute Gasteiger partial charge is 0.244 e. The summed E-state index contributed by atoms with van der Waals surface area (Å²) in [4.78, 5) is 12.3. The van der Waals surface area contributed by atoms with Crippen molar-refractivity contribution in [1.82, 2.24) is 24.9 Å². The molecule has 0 unspecified atom stereocenters. The zero-order valence-corrected chi connectivity index (χ0v) is 17.7. The molecule has 0 bridgehead atoms. The number of hydrogen-bond acceptors (Lipinski definition) is 3. The van der Waals surface area contributed by atoms with Crippen LogP contribution < -0.4 is 5.32 Å². The number of rotatable bonds is 7. The van der Waals surface area contributed by atoms with Crippen LogP contribution in [-0.2, 0) is 17.9 Å². The van der Waals surface area contributed by atoms with Gasteiger partial charge in [0.2, 0.25) is 5.91 Å². The lowest BCUT2D eigenvalue weighted by Crippen LogP contribution is -2.21. The first-order valence-electron chi connectivity index (χ1n) is 10.2. The van der Waals surface area contributed by atoms with Crippen molar-refractivity contribution in [1.29, 1.82) is 0 Å². The summed E-state index contributed by atoms with van der Waals surface area (Å²) in [7, 11) is 0. The monoisotopic (exact) mass is 411 g/mol. The Bertz CT molecular complexity index is 1190. The Morgan fingerprint density at radius 2 is 1.74 bits per heavy atom. The van der Waals surface area contributed by atoms with Crippen molar-refractivity contribution in [2.75, 3.05) is 0 Å². The summed E-state index contributed by atoms with van der Waals surface area (Å²) in [6, 6.07) is 20.1. The summed E-state index contributed by atoms with van der Waals surface area (Å²) in [5.41, 5.74) is 6.04. The van der Waals surface area contributed by atoms with E-state index in [2.05, 4.69) is 27.6 Å². The van der Waals surface area contributed by atoms with Gasteiger partial charge in [0, 0.05) is 35.6 Å². The fourth-order valence-electron chi connectivity index (χ4n) is 3.48. The van der Waals surface area contributed by atoms with Crippen LogP contribution in [-0.4, -0.2) is 25.5 Å². The molecule has 31 heavy (non-hydrogen) atoms. The van der Waals surface area contributed by atoms with E-state index < -0.39 is 0 Å². The summed E-state index contributed by atoms with van der Waals surface area (Å²) in [6.45, 7) is 5.11. The molecule has 6 heteroatoms. The fraction of sp³-hybridized carbons (Fsp3) is 0.160. The van der Waals surface area contributed by atoms with Crippen molar-refractivity contribution in [3.63, 3.8) is 0 Å². The van der Waals surface area contributed by atoms with Crippen molar-refractivity contribution in [3.8, 4) is 5.69 Å². The molecule has 0 aliphatic carbocycles. The molecule has 156 valence electrons. The molecule has 4 aromatic rings. The van der Waals surface area contributed by atoms with Crippen molar-refractivity contribution < 1.29 is 4.79 Å². The molecule has 1 amide bonds. The molecule has 2 aromatic carbocycles. The highest BCUT2D eigenvalue weighted by Crippen LogP contribution is 2.17. The van der Waals surface area contributed by atoms with Gasteiger partial charge in [0.15, 0.2) is 0 Å². The highest BCUT2D eigenvalue weighted by molar-refractivity contribution is 5.91.